The van der Waals surface area contributed by atoms with Crippen LogP contribution in [0.25, 0.3) is 0 Å². The Morgan fingerprint density at radius 2 is 1.66 bits per heavy atom. The van der Waals surface area contributed by atoms with E-state index in [0.29, 0.717) is 5.56 Å². The number of carbonyl (C=O) groups is 3. The minimum Gasteiger partial charge on any atom is -0.499 e. The van der Waals surface area contributed by atoms with Crippen LogP contribution >= 0.6 is 0 Å². The van der Waals surface area contributed by atoms with Gasteiger partial charge in [-0.05, 0) is 26.8 Å². The third kappa shape index (κ3) is 4.40. The average molecular weight is 401 g/mol. The van der Waals surface area contributed by atoms with Gasteiger partial charge in [0.2, 0.25) is 11.5 Å². The van der Waals surface area contributed by atoms with Gasteiger partial charge in [0.25, 0.3) is 0 Å². The molecule has 0 bridgehead atoms. The number of ketones is 2. The van der Waals surface area contributed by atoms with Crippen LogP contribution in [-0.4, -0.2) is 40.8 Å². The number of nitro benzene ring substituents is 1. The van der Waals surface area contributed by atoms with Gasteiger partial charge in [0.05, 0.1) is 23.7 Å². The van der Waals surface area contributed by atoms with Gasteiger partial charge < -0.3 is 14.6 Å². The zero-order valence-electron chi connectivity index (χ0n) is 16.2. The van der Waals surface area contributed by atoms with E-state index < -0.39 is 45.3 Å². The highest BCUT2D eigenvalue weighted by Crippen LogP contribution is 2.42. The van der Waals surface area contributed by atoms with Gasteiger partial charge in [-0.3, -0.25) is 19.7 Å². The van der Waals surface area contributed by atoms with Crippen molar-refractivity contribution >= 4 is 23.2 Å². The second-order valence-corrected chi connectivity index (χ2v) is 6.37. The SMILES string of the molecule is COc1cc(C(=O)OC(C)C)c(C(=O)c2ccc(C(C)=O)cc2)c([N+](=O)[O-])c1O. The molecular formula is C20H19NO8. The van der Waals surface area contributed by atoms with Crippen LogP contribution in [0.4, 0.5) is 5.69 Å². The highest BCUT2D eigenvalue weighted by Gasteiger charge is 2.35. The van der Waals surface area contributed by atoms with E-state index >= 15 is 0 Å². The molecule has 0 saturated heterocycles. The summed E-state index contributed by atoms with van der Waals surface area (Å²) in [5.41, 5.74) is -1.69. The third-order valence-corrected chi connectivity index (χ3v) is 3.99. The third-order valence-electron chi connectivity index (χ3n) is 3.99. The quantitative estimate of drug-likeness (QED) is 0.323. The van der Waals surface area contributed by atoms with Gasteiger partial charge in [-0.2, -0.15) is 0 Å². The number of methoxy groups -OCH3 is 1. The average Bonchev–Trinajstić information content (AvgIpc) is 2.66. The van der Waals surface area contributed by atoms with Crippen molar-refractivity contribution in [1.29, 1.82) is 0 Å². The van der Waals surface area contributed by atoms with Crippen molar-refractivity contribution in [2.45, 2.75) is 26.9 Å². The Morgan fingerprint density at radius 1 is 1.10 bits per heavy atom. The summed E-state index contributed by atoms with van der Waals surface area (Å²) in [6.45, 7) is 4.50. The topological polar surface area (TPSA) is 133 Å². The molecule has 152 valence electrons. The maximum Gasteiger partial charge on any atom is 0.339 e. The highest BCUT2D eigenvalue weighted by atomic mass is 16.6. The normalized spacial score (nSPS) is 10.5. The Labute approximate surface area is 166 Å². The molecule has 0 unspecified atom stereocenters. The number of hydrogen-bond donors (Lipinski definition) is 1. The van der Waals surface area contributed by atoms with Gasteiger partial charge in [0, 0.05) is 11.1 Å². The lowest BCUT2D eigenvalue weighted by Gasteiger charge is -2.14. The lowest BCUT2D eigenvalue weighted by molar-refractivity contribution is -0.386. The molecule has 0 radical (unpaired) electrons. The minimum absolute atomic E-state index is 0.0127. The smallest absolute Gasteiger partial charge is 0.339 e. The van der Waals surface area contributed by atoms with E-state index in [1.54, 1.807) is 13.8 Å². The Balaban J connectivity index is 2.76. The molecule has 0 atom stereocenters. The maximum absolute atomic E-state index is 13.1. The van der Waals surface area contributed by atoms with Crippen molar-refractivity contribution in [3.8, 4) is 11.5 Å². The van der Waals surface area contributed by atoms with E-state index in [1.165, 1.54) is 31.2 Å². The van der Waals surface area contributed by atoms with E-state index in [0.717, 1.165) is 13.2 Å². The van der Waals surface area contributed by atoms with Crippen molar-refractivity contribution in [3.63, 3.8) is 0 Å². The lowest BCUT2D eigenvalue weighted by Crippen LogP contribution is -2.18. The number of nitro groups is 1. The zero-order valence-corrected chi connectivity index (χ0v) is 16.2. The fourth-order valence-corrected chi connectivity index (χ4v) is 2.64. The molecule has 0 amide bonds. The van der Waals surface area contributed by atoms with Crippen LogP contribution in [0, 0.1) is 10.1 Å². The number of Topliss-reactive ketones (excluding diaryl/α,β-unsaturated/α-hetero) is 1. The van der Waals surface area contributed by atoms with Gasteiger partial charge in [0.1, 0.15) is 5.56 Å². The number of hydrogen-bond acceptors (Lipinski definition) is 8. The van der Waals surface area contributed by atoms with E-state index in [-0.39, 0.29) is 17.1 Å². The molecule has 0 aromatic heterocycles. The molecule has 0 aliphatic carbocycles. The number of ether oxygens (including phenoxy) is 2. The predicted octanol–water partition coefficient (Wildman–Crippen LogP) is 3.31. The summed E-state index contributed by atoms with van der Waals surface area (Å²) in [4.78, 5) is 47.7. The van der Waals surface area contributed by atoms with Gasteiger partial charge in [0.15, 0.2) is 11.5 Å². The summed E-state index contributed by atoms with van der Waals surface area (Å²) >= 11 is 0. The van der Waals surface area contributed by atoms with Crippen LogP contribution in [0.3, 0.4) is 0 Å². The second kappa shape index (κ2) is 8.51. The van der Waals surface area contributed by atoms with Crippen molar-refractivity contribution in [2.24, 2.45) is 0 Å². The molecule has 9 heteroatoms. The molecule has 2 rings (SSSR count). The van der Waals surface area contributed by atoms with Crippen molar-refractivity contribution in [3.05, 3.63) is 62.7 Å². The Morgan fingerprint density at radius 3 is 2.10 bits per heavy atom. The molecule has 1 N–H and O–H groups in total. The molecule has 2 aromatic carbocycles. The van der Waals surface area contributed by atoms with Crippen LogP contribution in [0.5, 0.6) is 11.5 Å². The second-order valence-electron chi connectivity index (χ2n) is 6.37. The van der Waals surface area contributed by atoms with Crippen LogP contribution in [0.2, 0.25) is 0 Å². The minimum atomic E-state index is -0.981. The number of phenolic OH excluding ortho intramolecular Hbond substituents is 1. The summed E-state index contributed by atoms with van der Waals surface area (Å²) in [5, 5.41) is 21.9. The number of aromatic hydroxyl groups is 1. The number of esters is 1. The Hall–Kier alpha value is -3.75. The fourth-order valence-electron chi connectivity index (χ4n) is 2.64. The van der Waals surface area contributed by atoms with Crippen LogP contribution in [0.15, 0.2) is 30.3 Å². The molecule has 0 aliphatic heterocycles. The molecule has 2 aromatic rings. The Kier molecular flexibility index (Phi) is 6.32. The first-order chi connectivity index (χ1) is 13.6. The molecule has 9 nitrogen and oxygen atoms in total. The van der Waals surface area contributed by atoms with Crippen molar-refractivity contribution < 1.29 is 33.9 Å². The van der Waals surface area contributed by atoms with E-state index in [9.17, 15) is 29.6 Å². The first kappa shape index (κ1) is 21.5. The number of rotatable bonds is 7. The molecule has 0 heterocycles. The number of benzene rings is 2. The highest BCUT2D eigenvalue weighted by molar-refractivity contribution is 6.18. The molecular weight excluding hydrogens is 382 g/mol. The molecule has 0 spiro atoms. The van der Waals surface area contributed by atoms with Crippen LogP contribution < -0.4 is 4.74 Å². The molecule has 0 saturated carbocycles. The number of carbonyl (C=O) groups excluding carboxylic acids is 3. The summed E-state index contributed by atoms with van der Waals surface area (Å²) in [6.07, 6.45) is -0.556. The van der Waals surface area contributed by atoms with Crippen molar-refractivity contribution in [2.75, 3.05) is 7.11 Å². The van der Waals surface area contributed by atoms with Gasteiger partial charge in [-0.15, -0.1) is 0 Å². The van der Waals surface area contributed by atoms with Gasteiger partial charge in [-0.1, -0.05) is 24.3 Å². The summed E-state index contributed by atoms with van der Waals surface area (Å²) < 4.78 is 10.00. The lowest BCUT2D eigenvalue weighted by atomic mass is 9.94. The molecule has 0 aliphatic rings. The zero-order chi connectivity index (χ0) is 21.9. The fraction of sp³-hybridized carbons (Fsp3) is 0.250. The molecule has 0 fully saturated rings. The first-order valence-electron chi connectivity index (χ1n) is 8.53. The number of nitrogens with zero attached hydrogens (tertiary/aromatic N) is 1. The summed E-state index contributed by atoms with van der Waals surface area (Å²) in [5.74, 6) is -3.33. The number of phenols is 1. The van der Waals surface area contributed by atoms with Crippen LogP contribution in [-0.2, 0) is 4.74 Å². The summed E-state index contributed by atoms with van der Waals surface area (Å²) in [7, 11) is 1.15. The van der Waals surface area contributed by atoms with E-state index in [2.05, 4.69) is 0 Å². The predicted molar refractivity (Wildman–Crippen MR) is 102 cm³/mol. The first-order valence-corrected chi connectivity index (χ1v) is 8.53. The molecule has 29 heavy (non-hydrogen) atoms. The van der Waals surface area contributed by atoms with Crippen LogP contribution in [0.1, 0.15) is 57.4 Å². The standard InChI is InChI=1S/C20H19NO8/c1-10(2)29-20(25)14-9-15(28-4)19(24)17(21(26)27)16(14)18(23)13-7-5-12(6-8-13)11(3)22/h5-10,24H,1-4H3. The Bertz CT molecular complexity index is 993. The maximum atomic E-state index is 13.1. The van der Waals surface area contributed by atoms with E-state index in [1.807, 2.05) is 0 Å². The monoisotopic (exact) mass is 401 g/mol. The largest absolute Gasteiger partial charge is 0.499 e. The van der Waals surface area contributed by atoms with E-state index in [4.69, 9.17) is 9.47 Å². The van der Waals surface area contributed by atoms with Gasteiger partial charge >= 0.3 is 11.7 Å². The van der Waals surface area contributed by atoms with Crippen molar-refractivity contribution in [1.82, 2.24) is 0 Å². The summed E-state index contributed by atoms with van der Waals surface area (Å²) in [6, 6.07) is 6.40. The van der Waals surface area contributed by atoms with Gasteiger partial charge in [-0.25, -0.2) is 4.79 Å².